The van der Waals surface area contributed by atoms with E-state index in [4.69, 9.17) is 0 Å². The zero-order chi connectivity index (χ0) is 8.43. The van der Waals surface area contributed by atoms with Crippen molar-refractivity contribution in [3.8, 4) is 0 Å². The van der Waals surface area contributed by atoms with Crippen LogP contribution in [0.1, 0.15) is 0 Å². The number of halogens is 1. The molecule has 0 aromatic carbocycles. The van der Waals surface area contributed by atoms with Crippen molar-refractivity contribution in [3.05, 3.63) is 39.4 Å². The smallest absolute Gasteiger partial charge is 0.311 e. The van der Waals surface area contributed by atoms with Crippen molar-refractivity contribution in [1.29, 1.82) is 0 Å². The van der Waals surface area contributed by atoms with Crippen LogP contribution in [0.4, 0.5) is 4.39 Å². The highest BCUT2D eigenvalue weighted by Crippen LogP contribution is 1.79. The van der Waals surface area contributed by atoms with E-state index in [1.807, 2.05) is 4.98 Å². The molecule has 0 bridgehead atoms. The maximum absolute atomic E-state index is 12.4. The number of hydrogen-bond donors (Lipinski definition) is 1. The van der Waals surface area contributed by atoms with Gasteiger partial charge in [0.05, 0.1) is 0 Å². The molecule has 1 aromatic heterocycles. The van der Waals surface area contributed by atoms with Crippen molar-refractivity contribution >= 4 is 6.20 Å². The molecule has 4 nitrogen and oxygen atoms in total. The first-order valence-electron chi connectivity index (χ1n) is 2.79. The molecule has 1 heterocycles. The van der Waals surface area contributed by atoms with Crippen LogP contribution in [0, 0.1) is 5.82 Å². The molecule has 0 saturated heterocycles. The lowest BCUT2D eigenvalue weighted by Gasteiger charge is -1.93. The van der Waals surface area contributed by atoms with E-state index < -0.39 is 17.1 Å². The summed E-state index contributed by atoms with van der Waals surface area (Å²) in [6, 6.07) is 0. The Hall–Kier alpha value is -1.65. The van der Waals surface area contributed by atoms with Crippen LogP contribution in [-0.4, -0.2) is 9.55 Å². The molecule has 1 rings (SSSR count). The van der Waals surface area contributed by atoms with Crippen molar-refractivity contribution < 1.29 is 4.39 Å². The summed E-state index contributed by atoms with van der Waals surface area (Å²) < 4.78 is 12.9. The van der Waals surface area contributed by atoms with Crippen molar-refractivity contribution in [2.45, 2.75) is 0 Å². The van der Waals surface area contributed by atoms with Gasteiger partial charge < -0.3 is 4.98 Å². The maximum Gasteiger partial charge on any atom is 0.332 e. The third-order valence-electron chi connectivity index (χ3n) is 1.15. The molecule has 0 atom stereocenters. The van der Waals surface area contributed by atoms with Crippen LogP contribution >= 0.6 is 0 Å². The summed E-state index contributed by atoms with van der Waals surface area (Å²) in [6.07, 6.45) is 1.66. The molecule has 5 heteroatoms. The summed E-state index contributed by atoms with van der Waals surface area (Å²) in [6.45, 7) is 3.17. The standard InChI is InChI=1S/C6H5FN2O2/c1-2-9-5(10)4(7)3-8-6(9)11/h2-3H,1H2,(H,8,11). The molecule has 0 aliphatic heterocycles. The Morgan fingerprint density at radius 2 is 2.27 bits per heavy atom. The van der Waals surface area contributed by atoms with Gasteiger partial charge in [0.15, 0.2) is 0 Å². The van der Waals surface area contributed by atoms with Gasteiger partial charge in [-0.15, -0.1) is 0 Å². The van der Waals surface area contributed by atoms with Gasteiger partial charge in [0, 0.05) is 12.4 Å². The van der Waals surface area contributed by atoms with Crippen molar-refractivity contribution in [3.63, 3.8) is 0 Å². The topological polar surface area (TPSA) is 54.9 Å². The Morgan fingerprint density at radius 1 is 1.64 bits per heavy atom. The monoisotopic (exact) mass is 156 g/mol. The highest BCUT2D eigenvalue weighted by molar-refractivity contribution is 5.15. The second kappa shape index (κ2) is 2.53. The molecule has 0 fully saturated rings. The Bertz CT molecular complexity index is 390. The molecule has 0 amide bonds. The fourth-order valence-corrected chi connectivity index (χ4v) is 0.629. The summed E-state index contributed by atoms with van der Waals surface area (Å²) >= 11 is 0. The van der Waals surface area contributed by atoms with Gasteiger partial charge in [-0.25, -0.2) is 9.36 Å². The van der Waals surface area contributed by atoms with Gasteiger partial charge in [0.1, 0.15) is 0 Å². The van der Waals surface area contributed by atoms with E-state index in [9.17, 15) is 14.0 Å². The second-order valence-electron chi connectivity index (χ2n) is 1.80. The summed E-state index contributed by atoms with van der Waals surface area (Å²) in [4.78, 5) is 23.4. The number of aromatic amines is 1. The molecule has 0 unspecified atom stereocenters. The molecular formula is C6H5FN2O2. The molecule has 0 aliphatic carbocycles. The minimum Gasteiger partial charge on any atom is -0.311 e. The van der Waals surface area contributed by atoms with E-state index in [0.29, 0.717) is 10.8 Å². The summed E-state index contributed by atoms with van der Waals surface area (Å²) in [5, 5.41) is 0. The molecule has 0 saturated carbocycles. The van der Waals surface area contributed by atoms with Gasteiger partial charge in [-0.1, -0.05) is 6.58 Å². The van der Waals surface area contributed by atoms with E-state index in [-0.39, 0.29) is 0 Å². The number of nitrogens with zero attached hydrogens (tertiary/aromatic N) is 1. The van der Waals surface area contributed by atoms with Crippen molar-refractivity contribution in [1.82, 2.24) is 9.55 Å². The predicted octanol–water partition coefficient (Wildman–Crippen LogP) is -0.224. The van der Waals surface area contributed by atoms with Gasteiger partial charge in [-0.3, -0.25) is 4.79 Å². The fraction of sp³-hybridized carbons (Fsp3) is 0. The Kier molecular flexibility index (Phi) is 1.72. The van der Waals surface area contributed by atoms with Gasteiger partial charge in [-0.05, 0) is 0 Å². The number of hydrogen-bond acceptors (Lipinski definition) is 2. The van der Waals surface area contributed by atoms with Gasteiger partial charge in [0.25, 0.3) is 5.56 Å². The first-order chi connectivity index (χ1) is 5.16. The number of aromatic nitrogens is 2. The summed E-state index contributed by atoms with van der Waals surface area (Å²) in [5.41, 5.74) is -1.70. The zero-order valence-electron chi connectivity index (χ0n) is 5.50. The summed E-state index contributed by atoms with van der Waals surface area (Å²) in [7, 11) is 0. The molecule has 0 radical (unpaired) electrons. The minimum atomic E-state index is -1.01. The van der Waals surface area contributed by atoms with E-state index in [2.05, 4.69) is 6.58 Å². The van der Waals surface area contributed by atoms with Crippen LogP contribution in [0.25, 0.3) is 6.20 Å². The average Bonchev–Trinajstić information content (AvgIpc) is 1.99. The second-order valence-corrected chi connectivity index (χ2v) is 1.80. The molecule has 58 valence electrons. The van der Waals surface area contributed by atoms with E-state index >= 15 is 0 Å². The third kappa shape index (κ3) is 1.12. The molecule has 1 N–H and O–H groups in total. The first kappa shape index (κ1) is 7.46. The van der Waals surface area contributed by atoms with Crippen LogP contribution in [0.15, 0.2) is 22.4 Å². The van der Waals surface area contributed by atoms with Gasteiger partial charge in [0.2, 0.25) is 5.82 Å². The molecule has 0 aliphatic rings. The largest absolute Gasteiger partial charge is 0.332 e. The van der Waals surface area contributed by atoms with Crippen molar-refractivity contribution in [2.75, 3.05) is 0 Å². The Balaban J connectivity index is 3.68. The highest BCUT2D eigenvalue weighted by atomic mass is 19.1. The Labute approximate surface area is 60.6 Å². The average molecular weight is 156 g/mol. The normalized spacial score (nSPS) is 9.55. The molecular weight excluding hydrogens is 151 g/mol. The summed E-state index contributed by atoms with van der Waals surface area (Å²) in [5.74, 6) is -1.01. The highest BCUT2D eigenvalue weighted by Gasteiger charge is 2.01. The van der Waals surface area contributed by atoms with Crippen LogP contribution < -0.4 is 11.2 Å². The SMILES string of the molecule is C=Cn1c(=O)[nH]cc(F)c1=O. The molecule has 0 spiro atoms. The zero-order valence-corrected chi connectivity index (χ0v) is 5.50. The first-order valence-corrected chi connectivity index (χ1v) is 2.79. The van der Waals surface area contributed by atoms with E-state index in [0.717, 1.165) is 6.20 Å². The maximum atomic E-state index is 12.4. The van der Waals surface area contributed by atoms with E-state index in [1.54, 1.807) is 0 Å². The van der Waals surface area contributed by atoms with Crippen LogP contribution in [0.2, 0.25) is 0 Å². The van der Waals surface area contributed by atoms with Crippen molar-refractivity contribution in [2.24, 2.45) is 0 Å². The van der Waals surface area contributed by atoms with Crippen LogP contribution in [-0.2, 0) is 0 Å². The predicted molar refractivity (Wildman–Crippen MR) is 37.7 cm³/mol. The fourth-order valence-electron chi connectivity index (χ4n) is 0.629. The van der Waals surface area contributed by atoms with Gasteiger partial charge >= 0.3 is 5.69 Å². The Morgan fingerprint density at radius 3 is 2.73 bits per heavy atom. The molecule has 1 aromatic rings. The lowest BCUT2D eigenvalue weighted by molar-refractivity contribution is 0.587. The lowest BCUT2D eigenvalue weighted by atomic mass is 10.6. The minimum absolute atomic E-state index is 0.551. The van der Waals surface area contributed by atoms with E-state index in [1.165, 1.54) is 0 Å². The number of rotatable bonds is 1. The number of nitrogens with one attached hydrogen (secondary N) is 1. The number of H-pyrrole nitrogens is 1. The molecule has 11 heavy (non-hydrogen) atoms. The quantitative estimate of drug-likeness (QED) is 0.610. The van der Waals surface area contributed by atoms with Crippen LogP contribution in [0.3, 0.4) is 0 Å². The third-order valence-corrected chi connectivity index (χ3v) is 1.15. The van der Waals surface area contributed by atoms with Gasteiger partial charge in [-0.2, -0.15) is 4.39 Å². The van der Waals surface area contributed by atoms with Crippen LogP contribution in [0.5, 0.6) is 0 Å². The lowest BCUT2D eigenvalue weighted by Crippen LogP contribution is -2.32.